The lowest BCUT2D eigenvalue weighted by Gasteiger charge is -2.20. The molecule has 0 saturated heterocycles. The van der Waals surface area contributed by atoms with Crippen molar-refractivity contribution < 1.29 is 9.53 Å². The number of hydrogen-bond donors (Lipinski definition) is 0. The Morgan fingerprint density at radius 3 is 2.45 bits per heavy atom. The summed E-state index contributed by atoms with van der Waals surface area (Å²) in [6, 6.07) is 9.65. The molecule has 0 radical (unpaired) electrons. The van der Waals surface area contributed by atoms with E-state index in [1.54, 1.807) is 6.20 Å². The minimum Gasteiger partial charge on any atom is -0.443 e. The number of rotatable bonds is 2. The zero-order valence-corrected chi connectivity index (χ0v) is 12.4. The van der Waals surface area contributed by atoms with Crippen molar-refractivity contribution in [3.63, 3.8) is 0 Å². The molecule has 106 valence electrons. The summed E-state index contributed by atoms with van der Waals surface area (Å²) in [5, 5.41) is 0. The summed E-state index contributed by atoms with van der Waals surface area (Å²) in [6.45, 7) is 7.57. The Labute approximate surface area is 119 Å². The molecule has 0 N–H and O–H groups in total. The van der Waals surface area contributed by atoms with Gasteiger partial charge >= 0.3 is 6.09 Å². The number of benzene rings is 1. The van der Waals surface area contributed by atoms with Gasteiger partial charge < -0.3 is 4.74 Å². The highest BCUT2D eigenvalue weighted by molar-refractivity contribution is 5.77. The van der Waals surface area contributed by atoms with E-state index in [4.69, 9.17) is 4.74 Å². The third-order valence-electron chi connectivity index (χ3n) is 2.74. The van der Waals surface area contributed by atoms with Crippen LogP contribution in [0.5, 0.6) is 0 Å². The summed E-state index contributed by atoms with van der Waals surface area (Å²) >= 11 is 0. The van der Waals surface area contributed by atoms with Crippen molar-refractivity contribution in [2.75, 3.05) is 0 Å². The Bertz CT molecular complexity index is 595. The average molecular weight is 272 g/mol. The van der Waals surface area contributed by atoms with Gasteiger partial charge in [-0.1, -0.05) is 37.3 Å². The van der Waals surface area contributed by atoms with Crippen molar-refractivity contribution in [2.24, 2.45) is 0 Å². The van der Waals surface area contributed by atoms with Crippen LogP contribution < -0.4 is 0 Å². The molecule has 1 aromatic heterocycles. The Hall–Kier alpha value is -2.10. The largest absolute Gasteiger partial charge is 0.443 e. The monoisotopic (exact) mass is 272 g/mol. The number of hydrogen-bond acceptors (Lipinski definition) is 3. The summed E-state index contributed by atoms with van der Waals surface area (Å²) in [6.07, 6.45) is 2.12. The fraction of sp³-hybridized carbons (Fsp3) is 0.375. The zero-order chi connectivity index (χ0) is 14.8. The Morgan fingerprint density at radius 2 is 1.90 bits per heavy atom. The first-order valence-corrected chi connectivity index (χ1v) is 6.78. The molecule has 0 aliphatic heterocycles. The van der Waals surface area contributed by atoms with E-state index in [9.17, 15) is 4.79 Å². The van der Waals surface area contributed by atoms with Crippen molar-refractivity contribution in [1.82, 2.24) is 9.55 Å². The third kappa shape index (κ3) is 3.26. The van der Waals surface area contributed by atoms with Gasteiger partial charge in [0.15, 0.2) is 0 Å². The summed E-state index contributed by atoms with van der Waals surface area (Å²) in [5.74, 6) is 0.622. The standard InChI is InChI=1S/C16H20N2O2/c1-5-13-11-18(15(19)20-16(2,3)4)14(17-13)12-9-7-6-8-10-12/h6-11H,5H2,1-4H3. The van der Waals surface area contributed by atoms with Gasteiger partial charge in [-0.3, -0.25) is 0 Å². The molecular formula is C16H20N2O2. The first-order valence-electron chi connectivity index (χ1n) is 6.78. The highest BCUT2D eigenvalue weighted by Gasteiger charge is 2.21. The normalized spacial score (nSPS) is 11.4. The molecule has 0 unspecified atom stereocenters. The molecule has 2 rings (SSSR count). The van der Waals surface area contributed by atoms with Crippen LogP contribution in [0.1, 0.15) is 33.4 Å². The van der Waals surface area contributed by atoms with Crippen LogP contribution in [0.2, 0.25) is 0 Å². The molecule has 0 saturated carbocycles. The fourth-order valence-corrected chi connectivity index (χ4v) is 1.84. The topological polar surface area (TPSA) is 44.1 Å². The van der Waals surface area contributed by atoms with Crippen LogP contribution in [0.15, 0.2) is 36.5 Å². The van der Waals surface area contributed by atoms with Gasteiger partial charge in [-0.05, 0) is 27.2 Å². The minimum atomic E-state index is -0.526. The van der Waals surface area contributed by atoms with Crippen molar-refractivity contribution in [2.45, 2.75) is 39.7 Å². The number of ether oxygens (including phenoxy) is 1. The summed E-state index contributed by atoms with van der Waals surface area (Å²) in [7, 11) is 0. The third-order valence-corrected chi connectivity index (χ3v) is 2.74. The second-order valence-electron chi connectivity index (χ2n) is 5.63. The maximum absolute atomic E-state index is 12.3. The summed E-state index contributed by atoms with van der Waals surface area (Å²) in [5.41, 5.74) is 1.24. The fourth-order valence-electron chi connectivity index (χ4n) is 1.84. The van der Waals surface area contributed by atoms with Gasteiger partial charge in [0.1, 0.15) is 11.4 Å². The van der Waals surface area contributed by atoms with Crippen LogP contribution in [-0.4, -0.2) is 21.2 Å². The predicted octanol–water partition coefficient (Wildman–Crippen LogP) is 3.90. The molecule has 2 aromatic rings. The van der Waals surface area contributed by atoms with E-state index in [0.717, 1.165) is 17.7 Å². The highest BCUT2D eigenvalue weighted by Crippen LogP contribution is 2.20. The Morgan fingerprint density at radius 1 is 1.25 bits per heavy atom. The zero-order valence-electron chi connectivity index (χ0n) is 12.4. The number of aromatic nitrogens is 2. The molecule has 4 heteroatoms. The van der Waals surface area contributed by atoms with Crippen molar-refractivity contribution in [3.8, 4) is 11.4 Å². The van der Waals surface area contributed by atoms with Gasteiger partial charge in [0.25, 0.3) is 0 Å². The molecule has 0 aliphatic rings. The predicted molar refractivity (Wildman–Crippen MR) is 78.7 cm³/mol. The van der Waals surface area contributed by atoms with Gasteiger partial charge in [-0.25, -0.2) is 14.3 Å². The lowest BCUT2D eigenvalue weighted by molar-refractivity contribution is 0.0539. The van der Waals surface area contributed by atoms with E-state index in [0.29, 0.717) is 5.82 Å². The van der Waals surface area contributed by atoms with Crippen LogP contribution in [-0.2, 0) is 11.2 Å². The van der Waals surface area contributed by atoms with Crippen LogP contribution in [0.25, 0.3) is 11.4 Å². The van der Waals surface area contributed by atoms with E-state index < -0.39 is 11.7 Å². The van der Waals surface area contributed by atoms with Gasteiger partial charge in [0.2, 0.25) is 0 Å². The van der Waals surface area contributed by atoms with E-state index in [2.05, 4.69) is 4.98 Å². The first kappa shape index (κ1) is 14.3. The Balaban J connectivity index is 2.42. The second-order valence-corrected chi connectivity index (χ2v) is 5.63. The minimum absolute atomic E-state index is 0.399. The number of carbonyl (C=O) groups is 1. The molecule has 0 bridgehead atoms. The molecule has 0 atom stereocenters. The molecule has 0 spiro atoms. The molecular weight excluding hydrogens is 252 g/mol. The first-order chi connectivity index (χ1) is 9.40. The summed E-state index contributed by atoms with van der Waals surface area (Å²) in [4.78, 5) is 16.8. The molecule has 0 amide bonds. The lowest BCUT2D eigenvalue weighted by Crippen LogP contribution is -2.27. The van der Waals surface area contributed by atoms with E-state index in [1.807, 2.05) is 58.0 Å². The van der Waals surface area contributed by atoms with Crippen LogP contribution >= 0.6 is 0 Å². The van der Waals surface area contributed by atoms with Crippen LogP contribution in [0.4, 0.5) is 4.79 Å². The average Bonchev–Trinajstić information content (AvgIpc) is 2.82. The SMILES string of the molecule is CCc1cn(C(=O)OC(C)(C)C)c(-c2ccccc2)n1. The maximum Gasteiger partial charge on any atom is 0.420 e. The molecule has 1 aromatic carbocycles. The molecule has 20 heavy (non-hydrogen) atoms. The smallest absolute Gasteiger partial charge is 0.420 e. The second kappa shape index (κ2) is 5.49. The summed E-state index contributed by atoms with van der Waals surface area (Å²) < 4.78 is 6.91. The van der Waals surface area contributed by atoms with Crippen LogP contribution in [0.3, 0.4) is 0 Å². The molecule has 0 aliphatic carbocycles. The van der Waals surface area contributed by atoms with Gasteiger partial charge in [-0.2, -0.15) is 0 Å². The van der Waals surface area contributed by atoms with Crippen molar-refractivity contribution in [3.05, 3.63) is 42.2 Å². The van der Waals surface area contributed by atoms with E-state index >= 15 is 0 Å². The van der Waals surface area contributed by atoms with E-state index in [-0.39, 0.29) is 0 Å². The van der Waals surface area contributed by atoms with Crippen molar-refractivity contribution >= 4 is 6.09 Å². The quantitative estimate of drug-likeness (QED) is 0.833. The maximum atomic E-state index is 12.3. The highest BCUT2D eigenvalue weighted by atomic mass is 16.6. The van der Waals surface area contributed by atoms with Crippen LogP contribution in [0, 0.1) is 0 Å². The number of nitrogens with zero attached hydrogens (tertiary/aromatic N) is 2. The number of imidazole rings is 1. The van der Waals surface area contributed by atoms with Crippen molar-refractivity contribution in [1.29, 1.82) is 0 Å². The van der Waals surface area contributed by atoms with E-state index in [1.165, 1.54) is 4.57 Å². The number of aryl methyl sites for hydroxylation is 1. The van der Waals surface area contributed by atoms with Gasteiger partial charge in [0.05, 0.1) is 5.69 Å². The van der Waals surface area contributed by atoms with Gasteiger partial charge in [-0.15, -0.1) is 0 Å². The number of carbonyl (C=O) groups excluding carboxylic acids is 1. The molecule has 1 heterocycles. The Kier molecular flexibility index (Phi) is 3.93. The molecule has 4 nitrogen and oxygen atoms in total. The van der Waals surface area contributed by atoms with Gasteiger partial charge in [0, 0.05) is 11.8 Å². The molecule has 0 fully saturated rings. The lowest BCUT2D eigenvalue weighted by atomic mass is 10.2.